The molecule has 1 amide bonds. The van der Waals surface area contributed by atoms with Gasteiger partial charge in [-0.3, -0.25) is 4.79 Å². The number of halogens is 1. The van der Waals surface area contributed by atoms with Gasteiger partial charge in [0.2, 0.25) is 0 Å². The molecular weight excluding hydrogens is 286 g/mol. The van der Waals surface area contributed by atoms with Crippen LogP contribution in [0.4, 0.5) is 5.69 Å². The Morgan fingerprint density at radius 2 is 2.10 bits per heavy atom. The summed E-state index contributed by atoms with van der Waals surface area (Å²) in [5.74, 6) is -0.248. The molecule has 106 valence electrons. The monoisotopic (exact) mass is 299 g/mol. The highest BCUT2D eigenvalue weighted by atomic mass is 35.5. The Labute approximate surface area is 127 Å². The van der Waals surface area contributed by atoms with Gasteiger partial charge in [0.1, 0.15) is 11.3 Å². The van der Waals surface area contributed by atoms with Crippen molar-refractivity contribution < 1.29 is 4.79 Å². The lowest BCUT2D eigenvalue weighted by atomic mass is 10.2. The van der Waals surface area contributed by atoms with Gasteiger partial charge in [0.15, 0.2) is 0 Å². The zero-order valence-corrected chi connectivity index (χ0v) is 12.5. The molecule has 0 saturated carbocycles. The number of fused-ring (bicyclic) bond motifs is 1. The van der Waals surface area contributed by atoms with Crippen LogP contribution >= 0.6 is 11.6 Å². The number of carbonyl (C=O) groups excluding carboxylic acids is 1. The zero-order valence-electron chi connectivity index (χ0n) is 11.7. The van der Waals surface area contributed by atoms with E-state index in [-0.39, 0.29) is 5.91 Å². The molecule has 0 bridgehead atoms. The lowest BCUT2D eigenvalue weighted by Gasteiger charge is -2.07. The van der Waals surface area contributed by atoms with E-state index in [0.717, 1.165) is 16.8 Å². The summed E-state index contributed by atoms with van der Waals surface area (Å²) >= 11 is 6.05. The van der Waals surface area contributed by atoms with Crippen LogP contribution in [0, 0.1) is 13.8 Å². The molecule has 5 heteroatoms. The zero-order chi connectivity index (χ0) is 15.0. The maximum atomic E-state index is 12.3. The summed E-state index contributed by atoms with van der Waals surface area (Å²) in [5, 5.41) is 3.47. The van der Waals surface area contributed by atoms with Crippen LogP contribution in [-0.4, -0.2) is 15.3 Å². The molecule has 0 spiro atoms. The third-order valence-electron chi connectivity index (χ3n) is 3.36. The van der Waals surface area contributed by atoms with Gasteiger partial charge in [0.25, 0.3) is 5.91 Å². The van der Waals surface area contributed by atoms with Crippen molar-refractivity contribution in [1.29, 1.82) is 0 Å². The second kappa shape index (κ2) is 5.22. The first kappa shape index (κ1) is 13.6. The van der Waals surface area contributed by atoms with Gasteiger partial charge in [-0.2, -0.15) is 0 Å². The number of hydrogen-bond donors (Lipinski definition) is 1. The molecule has 0 saturated heterocycles. The quantitative estimate of drug-likeness (QED) is 0.781. The van der Waals surface area contributed by atoms with Crippen LogP contribution < -0.4 is 5.32 Å². The van der Waals surface area contributed by atoms with Crippen molar-refractivity contribution in [2.75, 3.05) is 5.32 Å². The number of aryl methyl sites for hydroxylation is 1. The van der Waals surface area contributed by atoms with Crippen LogP contribution in [0.1, 0.15) is 21.6 Å². The summed E-state index contributed by atoms with van der Waals surface area (Å²) in [5.41, 5.74) is 3.77. The molecule has 1 aromatic carbocycles. The molecule has 0 aliphatic heterocycles. The smallest absolute Gasteiger partial charge is 0.275 e. The maximum absolute atomic E-state index is 12.3. The molecular formula is C16H14ClN3O. The summed E-state index contributed by atoms with van der Waals surface area (Å²) in [6, 6.07) is 9.32. The Hall–Kier alpha value is -2.33. The highest BCUT2D eigenvalue weighted by Gasteiger charge is 2.12. The van der Waals surface area contributed by atoms with Gasteiger partial charge < -0.3 is 9.72 Å². The van der Waals surface area contributed by atoms with Crippen LogP contribution in [0.15, 0.2) is 42.7 Å². The predicted molar refractivity (Wildman–Crippen MR) is 84.1 cm³/mol. The maximum Gasteiger partial charge on any atom is 0.275 e. The fourth-order valence-corrected chi connectivity index (χ4v) is 2.30. The molecule has 2 heterocycles. The molecule has 0 aliphatic rings. The lowest BCUT2D eigenvalue weighted by Crippen LogP contribution is -2.13. The second-order valence-electron chi connectivity index (χ2n) is 4.96. The fraction of sp³-hybridized carbons (Fsp3) is 0.125. The van der Waals surface area contributed by atoms with Crippen molar-refractivity contribution in [2.45, 2.75) is 13.8 Å². The van der Waals surface area contributed by atoms with E-state index in [1.165, 1.54) is 0 Å². The molecule has 4 nitrogen and oxygen atoms in total. The van der Waals surface area contributed by atoms with Crippen LogP contribution in [0.25, 0.3) is 5.65 Å². The number of benzene rings is 1. The summed E-state index contributed by atoms with van der Waals surface area (Å²) in [7, 11) is 0. The van der Waals surface area contributed by atoms with E-state index in [0.29, 0.717) is 16.4 Å². The minimum absolute atomic E-state index is 0.248. The number of nitrogens with one attached hydrogen (secondary N) is 1. The number of nitrogens with zero attached hydrogens (tertiary/aromatic N) is 2. The van der Waals surface area contributed by atoms with E-state index in [2.05, 4.69) is 10.3 Å². The SMILES string of the molecule is Cc1ccn2cc(C(=O)Nc3cccc(Cl)c3C)nc2c1. The van der Waals surface area contributed by atoms with Crippen LogP contribution in [0.2, 0.25) is 5.02 Å². The highest BCUT2D eigenvalue weighted by Crippen LogP contribution is 2.23. The largest absolute Gasteiger partial charge is 0.320 e. The Balaban J connectivity index is 1.91. The minimum Gasteiger partial charge on any atom is -0.320 e. The van der Waals surface area contributed by atoms with Crippen LogP contribution in [0.5, 0.6) is 0 Å². The topological polar surface area (TPSA) is 46.4 Å². The summed E-state index contributed by atoms with van der Waals surface area (Å²) in [6.45, 7) is 3.86. The first-order valence-corrected chi connectivity index (χ1v) is 6.94. The Kier molecular flexibility index (Phi) is 3.39. The molecule has 2 aromatic heterocycles. The minimum atomic E-state index is -0.248. The number of carbonyl (C=O) groups is 1. The number of pyridine rings is 1. The number of rotatable bonds is 2. The average molecular weight is 300 g/mol. The van der Waals surface area contributed by atoms with Gasteiger partial charge in [0.05, 0.1) is 0 Å². The van der Waals surface area contributed by atoms with Gasteiger partial charge in [0, 0.05) is 23.1 Å². The number of aromatic nitrogens is 2. The van der Waals surface area contributed by atoms with Gasteiger partial charge >= 0.3 is 0 Å². The van der Waals surface area contributed by atoms with Crippen molar-refractivity contribution in [3.8, 4) is 0 Å². The van der Waals surface area contributed by atoms with Crippen molar-refractivity contribution >= 4 is 28.8 Å². The van der Waals surface area contributed by atoms with Crippen molar-refractivity contribution in [3.63, 3.8) is 0 Å². The van der Waals surface area contributed by atoms with Crippen LogP contribution in [-0.2, 0) is 0 Å². The average Bonchev–Trinajstić information content (AvgIpc) is 2.87. The standard InChI is InChI=1S/C16H14ClN3O/c1-10-6-7-20-9-14(18-15(20)8-10)16(21)19-13-5-3-4-12(17)11(13)2/h3-9H,1-2H3,(H,19,21). The van der Waals surface area contributed by atoms with Gasteiger partial charge in [-0.25, -0.2) is 4.98 Å². The molecule has 0 radical (unpaired) electrons. The molecule has 0 unspecified atom stereocenters. The van der Waals surface area contributed by atoms with E-state index < -0.39 is 0 Å². The molecule has 1 N–H and O–H groups in total. The fourth-order valence-electron chi connectivity index (χ4n) is 2.12. The lowest BCUT2D eigenvalue weighted by molar-refractivity contribution is 0.102. The molecule has 0 fully saturated rings. The third kappa shape index (κ3) is 2.62. The van der Waals surface area contributed by atoms with Gasteiger partial charge in [-0.1, -0.05) is 17.7 Å². The second-order valence-corrected chi connectivity index (χ2v) is 5.37. The number of imidazole rings is 1. The van der Waals surface area contributed by atoms with Crippen LogP contribution in [0.3, 0.4) is 0 Å². The normalized spacial score (nSPS) is 10.8. The van der Waals surface area contributed by atoms with E-state index in [4.69, 9.17) is 11.6 Å². The Morgan fingerprint density at radius 3 is 2.90 bits per heavy atom. The van der Waals surface area contributed by atoms with E-state index in [9.17, 15) is 4.79 Å². The van der Waals surface area contributed by atoms with Gasteiger partial charge in [-0.05, 0) is 49.2 Å². The number of hydrogen-bond acceptors (Lipinski definition) is 2. The van der Waals surface area contributed by atoms with E-state index in [1.54, 1.807) is 18.3 Å². The highest BCUT2D eigenvalue weighted by molar-refractivity contribution is 6.31. The van der Waals surface area contributed by atoms with Crippen molar-refractivity contribution in [3.05, 3.63) is 64.6 Å². The molecule has 21 heavy (non-hydrogen) atoms. The molecule has 0 atom stereocenters. The molecule has 3 rings (SSSR count). The third-order valence-corrected chi connectivity index (χ3v) is 3.77. The summed E-state index contributed by atoms with van der Waals surface area (Å²) in [4.78, 5) is 16.6. The van der Waals surface area contributed by atoms with Crippen molar-refractivity contribution in [2.24, 2.45) is 0 Å². The number of amides is 1. The first-order valence-electron chi connectivity index (χ1n) is 6.56. The number of anilines is 1. The first-order chi connectivity index (χ1) is 10.0. The van der Waals surface area contributed by atoms with E-state index in [1.807, 2.05) is 42.6 Å². The molecule has 3 aromatic rings. The van der Waals surface area contributed by atoms with Crippen molar-refractivity contribution in [1.82, 2.24) is 9.38 Å². The predicted octanol–water partition coefficient (Wildman–Crippen LogP) is 3.86. The summed E-state index contributed by atoms with van der Waals surface area (Å²) < 4.78 is 1.83. The Bertz CT molecular complexity index is 839. The summed E-state index contributed by atoms with van der Waals surface area (Å²) in [6.07, 6.45) is 3.60. The van der Waals surface area contributed by atoms with Gasteiger partial charge in [-0.15, -0.1) is 0 Å². The molecule has 0 aliphatic carbocycles. The van der Waals surface area contributed by atoms with E-state index >= 15 is 0 Å². The Morgan fingerprint density at radius 1 is 1.29 bits per heavy atom.